The lowest BCUT2D eigenvalue weighted by molar-refractivity contribution is 0.0628. The average molecular weight is 301 g/mol. The van der Waals surface area contributed by atoms with Crippen molar-refractivity contribution in [2.45, 2.75) is 13.0 Å². The van der Waals surface area contributed by atoms with Gasteiger partial charge in [-0.1, -0.05) is 6.07 Å². The molecule has 0 unspecified atom stereocenters. The van der Waals surface area contributed by atoms with Crippen LogP contribution in [0.2, 0.25) is 0 Å². The van der Waals surface area contributed by atoms with Crippen LogP contribution in [0.3, 0.4) is 0 Å². The van der Waals surface area contributed by atoms with E-state index in [1.54, 1.807) is 17.0 Å². The molecule has 0 bridgehead atoms. The second kappa shape index (κ2) is 5.14. The minimum atomic E-state index is -0.404. The third kappa shape index (κ3) is 2.35. The molecule has 17 heavy (non-hydrogen) atoms. The zero-order chi connectivity index (χ0) is 12.4. The van der Waals surface area contributed by atoms with Crippen LogP contribution in [0.25, 0.3) is 0 Å². The summed E-state index contributed by atoms with van der Waals surface area (Å²) in [6.07, 6.45) is 0. The highest BCUT2D eigenvalue weighted by molar-refractivity contribution is 9.10. The largest absolute Gasteiger partial charge is 0.333 e. The summed E-state index contributed by atoms with van der Waals surface area (Å²) >= 11 is 3.13. The maximum absolute atomic E-state index is 13.4. The van der Waals surface area contributed by atoms with E-state index in [0.717, 1.165) is 13.1 Å². The van der Waals surface area contributed by atoms with Crippen LogP contribution in [-0.4, -0.2) is 36.5 Å². The molecular weight excluding hydrogens is 287 g/mol. The van der Waals surface area contributed by atoms with Gasteiger partial charge in [0, 0.05) is 19.6 Å². The molecule has 0 atom stereocenters. The third-order valence-electron chi connectivity index (χ3n) is 2.98. The van der Waals surface area contributed by atoms with Crippen molar-refractivity contribution in [1.82, 2.24) is 10.2 Å². The fourth-order valence-corrected chi connectivity index (χ4v) is 2.32. The standard InChI is InChI=1S/C12H14BrFN2O/c1-2-16(8-6-15-7-8)12(17)9-4-3-5-10(14)11(9)13/h3-5,8,15H,2,6-7H2,1H3. The summed E-state index contributed by atoms with van der Waals surface area (Å²) in [5.74, 6) is -0.524. The molecule has 0 saturated carbocycles. The highest BCUT2D eigenvalue weighted by atomic mass is 79.9. The molecule has 0 aromatic heterocycles. The van der Waals surface area contributed by atoms with Gasteiger partial charge in [0.25, 0.3) is 5.91 Å². The molecule has 0 aliphatic carbocycles. The highest BCUT2D eigenvalue weighted by Gasteiger charge is 2.29. The lowest BCUT2D eigenvalue weighted by Gasteiger charge is -2.37. The van der Waals surface area contributed by atoms with Gasteiger partial charge in [-0.25, -0.2) is 4.39 Å². The first-order chi connectivity index (χ1) is 8.15. The van der Waals surface area contributed by atoms with Gasteiger partial charge in [-0.3, -0.25) is 4.79 Å². The van der Waals surface area contributed by atoms with E-state index < -0.39 is 5.82 Å². The first kappa shape index (κ1) is 12.5. The molecule has 1 aromatic rings. The van der Waals surface area contributed by atoms with Gasteiger partial charge >= 0.3 is 0 Å². The summed E-state index contributed by atoms with van der Waals surface area (Å²) in [5, 5.41) is 3.13. The molecule has 0 spiro atoms. The molecule has 1 aliphatic rings. The number of hydrogen-bond donors (Lipinski definition) is 1. The Kier molecular flexibility index (Phi) is 3.79. The normalized spacial score (nSPS) is 15.5. The van der Waals surface area contributed by atoms with Gasteiger partial charge in [0.2, 0.25) is 0 Å². The third-order valence-corrected chi connectivity index (χ3v) is 3.79. The molecule has 1 heterocycles. The van der Waals surface area contributed by atoms with Crippen molar-refractivity contribution in [3.63, 3.8) is 0 Å². The fraction of sp³-hybridized carbons (Fsp3) is 0.417. The van der Waals surface area contributed by atoms with Gasteiger partial charge in [-0.2, -0.15) is 0 Å². The van der Waals surface area contributed by atoms with E-state index in [4.69, 9.17) is 0 Å². The van der Waals surface area contributed by atoms with Crippen LogP contribution < -0.4 is 5.32 Å². The minimum absolute atomic E-state index is 0.120. The van der Waals surface area contributed by atoms with Crippen molar-refractivity contribution in [3.8, 4) is 0 Å². The van der Waals surface area contributed by atoms with Gasteiger partial charge in [0.05, 0.1) is 16.1 Å². The Bertz CT molecular complexity index is 435. The summed E-state index contributed by atoms with van der Waals surface area (Å²) < 4.78 is 13.6. The number of nitrogens with zero attached hydrogens (tertiary/aromatic N) is 1. The van der Waals surface area contributed by atoms with Crippen molar-refractivity contribution in [2.24, 2.45) is 0 Å². The predicted octanol–water partition coefficient (Wildman–Crippen LogP) is 2.02. The van der Waals surface area contributed by atoms with Crippen LogP contribution in [0.4, 0.5) is 4.39 Å². The van der Waals surface area contributed by atoms with Gasteiger partial charge in [-0.15, -0.1) is 0 Å². The zero-order valence-corrected chi connectivity index (χ0v) is 11.1. The summed E-state index contributed by atoms with van der Waals surface area (Å²) in [6.45, 7) is 4.19. The molecule has 1 N–H and O–H groups in total. The second-order valence-electron chi connectivity index (χ2n) is 4.00. The summed E-state index contributed by atoms with van der Waals surface area (Å²) in [7, 11) is 0. The number of halogens is 2. The van der Waals surface area contributed by atoms with Gasteiger partial charge in [0.1, 0.15) is 5.82 Å². The van der Waals surface area contributed by atoms with E-state index in [2.05, 4.69) is 21.2 Å². The lowest BCUT2D eigenvalue weighted by atomic mass is 10.1. The lowest BCUT2D eigenvalue weighted by Crippen LogP contribution is -2.58. The van der Waals surface area contributed by atoms with E-state index in [0.29, 0.717) is 12.1 Å². The first-order valence-electron chi connectivity index (χ1n) is 5.60. The van der Waals surface area contributed by atoms with E-state index in [9.17, 15) is 9.18 Å². The van der Waals surface area contributed by atoms with Crippen molar-refractivity contribution in [2.75, 3.05) is 19.6 Å². The van der Waals surface area contributed by atoms with Crippen LogP contribution in [0, 0.1) is 5.82 Å². The Morgan fingerprint density at radius 2 is 2.29 bits per heavy atom. The Hall–Kier alpha value is -0.940. The average Bonchev–Trinajstić information content (AvgIpc) is 2.26. The van der Waals surface area contributed by atoms with Crippen LogP contribution in [0.1, 0.15) is 17.3 Å². The molecule has 2 rings (SSSR count). The maximum Gasteiger partial charge on any atom is 0.255 e. The Morgan fingerprint density at radius 3 is 2.82 bits per heavy atom. The molecule has 1 amide bonds. The van der Waals surface area contributed by atoms with Crippen molar-refractivity contribution in [3.05, 3.63) is 34.1 Å². The Morgan fingerprint density at radius 1 is 1.59 bits per heavy atom. The molecule has 1 aromatic carbocycles. The van der Waals surface area contributed by atoms with Crippen molar-refractivity contribution in [1.29, 1.82) is 0 Å². The number of carbonyl (C=O) groups is 1. The molecule has 1 fully saturated rings. The number of amides is 1. The molecular formula is C12H14BrFN2O. The number of hydrogen-bond acceptors (Lipinski definition) is 2. The van der Waals surface area contributed by atoms with Crippen LogP contribution in [-0.2, 0) is 0 Å². The van der Waals surface area contributed by atoms with Crippen LogP contribution in [0.15, 0.2) is 22.7 Å². The molecule has 92 valence electrons. The smallest absolute Gasteiger partial charge is 0.255 e. The first-order valence-corrected chi connectivity index (χ1v) is 6.40. The number of rotatable bonds is 3. The Balaban J connectivity index is 2.25. The number of nitrogens with one attached hydrogen (secondary N) is 1. The summed E-state index contributed by atoms with van der Waals surface area (Å²) in [5.41, 5.74) is 0.388. The molecule has 5 heteroatoms. The number of likely N-dealkylation sites (N-methyl/N-ethyl adjacent to an activating group) is 1. The summed E-state index contributed by atoms with van der Waals surface area (Å²) in [6, 6.07) is 4.76. The number of benzene rings is 1. The topological polar surface area (TPSA) is 32.3 Å². The van der Waals surface area contributed by atoms with Crippen molar-refractivity contribution < 1.29 is 9.18 Å². The monoisotopic (exact) mass is 300 g/mol. The fourth-order valence-electron chi connectivity index (χ4n) is 1.89. The zero-order valence-electron chi connectivity index (χ0n) is 9.54. The van der Waals surface area contributed by atoms with Gasteiger partial charge in [-0.05, 0) is 35.0 Å². The molecule has 1 saturated heterocycles. The highest BCUT2D eigenvalue weighted by Crippen LogP contribution is 2.23. The van der Waals surface area contributed by atoms with Crippen LogP contribution >= 0.6 is 15.9 Å². The molecule has 1 aliphatic heterocycles. The summed E-state index contributed by atoms with van der Waals surface area (Å²) in [4.78, 5) is 14.1. The number of carbonyl (C=O) groups excluding carboxylic acids is 1. The van der Waals surface area contributed by atoms with Crippen molar-refractivity contribution >= 4 is 21.8 Å². The predicted molar refractivity (Wildman–Crippen MR) is 67.5 cm³/mol. The SMILES string of the molecule is CCN(C(=O)c1cccc(F)c1Br)C1CNC1. The van der Waals surface area contributed by atoms with Crippen LogP contribution in [0.5, 0.6) is 0 Å². The van der Waals surface area contributed by atoms with E-state index in [1.165, 1.54) is 6.07 Å². The van der Waals surface area contributed by atoms with E-state index in [1.807, 2.05) is 6.92 Å². The molecule has 3 nitrogen and oxygen atoms in total. The quantitative estimate of drug-likeness (QED) is 0.926. The van der Waals surface area contributed by atoms with E-state index >= 15 is 0 Å². The second-order valence-corrected chi connectivity index (χ2v) is 4.80. The minimum Gasteiger partial charge on any atom is -0.333 e. The molecule has 0 radical (unpaired) electrons. The maximum atomic E-state index is 13.4. The van der Waals surface area contributed by atoms with Gasteiger partial charge in [0.15, 0.2) is 0 Å². The van der Waals surface area contributed by atoms with E-state index in [-0.39, 0.29) is 16.4 Å². The Labute approximate surface area is 108 Å². The van der Waals surface area contributed by atoms with Gasteiger partial charge < -0.3 is 10.2 Å².